The van der Waals surface area contributed by atoms with Gasteiger partial charge in [0.25, 0.3) is 0 Å². The number of nitriles is 1. The van der Waals surface area contributed by atoms with Crippen LogP contribution in [0.5, 0.6) is 0 Å². The molecule has 0 aromatic heterocycles. The average molecular weight is 280 g/mol. The molecule has 5 nitrogen and oxygen atoms in total. The molecule has 0 aliphatic heterocycles. The molecule has 2 amide bonds. The summed E-state index contributed by atoms with van der Waals surface area (Å²) in [4.78, 5) is 24.6. The fraction of sp³-hybridized carbons (Fsp3) is 0.308. The highest BCUT2D eigenvalue weighted by Gasteiger charge is 2.24. The summed E-state index contributed by atoms with van der Waals surface area (Å²) in [5, 5.41) is 11.1. The molecule has 1 N–H and O–H groups in total. The Bertz CT molecular complexity index is 525. The van der Waals surface area contributed by atoms with Crippen molar-refractivity contribution in [3.05, 3.63) is 34.9 Å². The molecule has 19 heavy (non-hydrogen) atoms. The topological polar surface area (TPSA) is 73.2 Å². The zero-order valence-corrected chi connectivity index (χ0v) is 11.4. The lowest BCUT2D eigenvalue weighted by Gasteiger charge is -2.25. The van der Waals surface area contributed by atoms with Crippen molar-refractivity contribution in [1.82, 2.24) is 10.2 Å². The average Bonchev–Trinajstić information content (AvgIpc) is 2.42. The second-order valence-corrected chi connectivity index (χ2v) is 4.36. The Labute approximate surface area is 116 Å². The zero-order valence-electron chi connectivity index (χ0n) is 10.7. The van der Waals surface area contributed by atoms with Crippen molar-refractivity contribution in [2.24, 2.45) is 0 Å². The summed E-state index contributed by atoms with van der Waals surface area (Å²) in [7, 11) is 1.52. The second kappa shape index (κ2) is 6.76. The third kappa shape index (κ3) is 3.70. The third-order valence-corrected chi connectivity index (χ3v) is 3.12. The lowest BCUT2D eigenvalue weighted by Crippen LogP contribution is -2.42. The monoisotopic (exact) mass is 279 g/mol. The van der Waals surface area contributed by atoms with Crippen molar-refractivity contribution < 1.29 is 9.59 Å². The standard InChI is InChI=1S/C13H14ClN3O2/c1-9(10-5-3-4-6-11(10)14)17(2)13(19)12(18)16-8-7-15/h3-6,9H,8H2,1-2H3,(H,16,18). The molecule has 1 aromatic rings. The minimum atomic E-state index is -0.803. The summed E-state index contributed by atoms with van der Waals surface area (Å²) in [5.41, 5.74) is 0.757. The molecule has 6 heteroatoms. The van der Waals surface area contributed by atoms with Gasteiger partial charge in [-0.3, -0.25) is 9.59 Å². The first-order valence-electron chi connectivity index (χ1n) is 5.65. The molecule has 1 rings (SSSR count). The molecule has 0 aliphatic rings. The molecule has 0 heterocycles. The van der Waals surface area contributed by atoms with Gasteiger partial charge in [0, 0.05) is 12.1 Å². The van der Waals surface area contributed by atoms with E-state index >= 15 is 0 Å². The van der Waals surface area contributed by atoms with Crippen LogP contribution in [0.25, 0.3) is 0 Å². The Morgan fingerprint density at radius 1 is 1.47 bits per heavy atom. The van der Waals surface area contributed by atoms with E-state index in [1.165, 1.54) is 11.9 Å². The second-order valence-electron chi connectivity index (χ2n) is 3.95. The van der Waals surface area contributed by atoms with E-state index in [1.807, 2.05) is 6.07 Å². The highest BCUT2D eigenvalue weighted by atomic mass is 35.5. The maximum Gasteiger partial charge on any atom is 0.312 e. The molecule has 0 aliphatic carbocycles. The van der Waals surface area contributed by atoms with Crippen LogP contribution in [0.2, 0.25) is 5.02 Å². The molecular weight excluding hydrogens is 266 g/mol. The van der Waals surface area contributed by atoms with Crippen molar-refractivity contribution in [1.29, 1.82) is 5.26 Å². The number of benzene rings is 1. The SMILES string of the molecule is CC(c1ccccc1Cl)N(C)C(=O)C(=O)NCC#N. The summed E-state index contributed by atoms with van der Waals surface area (Å²) in [6, 6.07) is 8.52. The van der Waals surface area contributed by atoms with E-state index in [2.05, 4.69) is 5.32 Å². The van der Waals surface area contributed by atoms with Crippen molar-refractivity contribution in [3.8, 4) is 6.07 Å². The highest BCUT2D eigenvalue weighted by molar-refractivity contribution is 6.35. The number of likely N-dealkylation sites (N-methyl/N-ethyl adjacent to an activating group) is 1. The molecule has 100 valence electrons. The molecule has 0 fully saturated rings. The number of hydrogen-bond donors (Lipinski definition) is 1. The quantitative estimate of drug-likeness (QED) is 0.673. The lowest BCUT2D eigenvalue weighted by atomic mass is 10.1. The van der Waals surface area contributed by atoms with E-state index in [9.17, 15) is 9.59 Å². The van der Waals surface area contributed by atoms with Gasteiger partial charge < -0.3 is 10.2 Å². The summed E-state index contributed by atoms with van der Waals surface area (Å²) < 4.78 is 0. The first-order valence-corrected chi connectivity index (χ1v) is 6.03. The molecule has 0 spiro atoms. The summed E-state index contributed by atoms with van der Waals surface area (Å²) in [6.07, 6.45) is 0. The Balaban J connectivity index is 2.80. The van der Waals surface area contributed by atoms with Crippen molar-refractivity contribution in [2.75, 3.05) is 13.6 Å². The zero-order chi connectivity index (χ0) is 14.4. The molecule has 0 saturated carbocycles. The Morgan fingerprint density at radius 3 is 2.68 bits per heavy atom. The van der Waals surface area contributed by atoms with Gasteiger partial charge in [0.15, 0.2) is 0 Å². The smallest absolute Gasteiger partial charge is 0.312 e. The maximum absolute atomic E-state index is 11.8. The number of nitrogens with one attached hydrogen (secondary N) is 1. The minimum Gasteiger partial charge on any atom is -0.335 e. The van der Waals surface area contributed by atoms with Crippen LogP contribution in [-0.2, 0) is 9.59 Å². The van der Waals surface area contributed by atoms with E-state index in [1.54, 1.807) is 31.2 Å². The largest absolute Gasteiger partial charge is 0.335 e. The van der Waals surface area contributed by atoms with Gasteiger partial charge in [-0.25, -0.2) is 0 Å². The Hall–Kier alpha value is -2.06. The number of amides is 2. The molecule has 0 radical (unpaired) electrons. The number of hydrogen-bond acceptors (Lipinski definition) is 3. The van der Waals surface area contributed by atoms with Crippen LogP contribution < -0.4 is 5.32 Å². The lowest BCUT2D eigenvalue weighted by molar-refractivity contribution is -0.146. The number of carbonyl (C=O) groups is 2. The van der Waals surface area contributed by atoms with Gasteiger partial charge in [0.2, 0.25) is 0 Å². The van der Waals surface area contributed by atoms with Gasteiger partial charge in [-0.05, 0) is 18.6 Å². The van der Waals surface area contributed by atoms with Crippen LogP contribution in [0.3, 0.4) is 0 Å². The van der Waals surface area contributed by atoms with E-state index in [0.29, 0.717) is 5.02 Å². The number of carbonyl (C=O) groups excluding carboxylic acids is 2. The predicted molar refractivity (Wildman–Crippen MR) is 71.3 cm³/mol. The highest BCUT2D eigenvalue weighted by Crippen LogP contribution is 2.26. The molecule has 1 unspecified atom stereocenters. The molecule has 0 saturated heterocycles. The predicted octanol–water partition coefficient (Wildman–Crippen LogP) is 1.50. The van der Waals surface area contributed by atoms with Crippen LogP contribution in [0, 0.1) is 11.3 Å². The van der Waals surface area contributed by atoms with Crippen LogP contribution in [0.4, 0.5) is 0 Å². The molecule has 0 bridgehead atoms. The number of halogens is 1. The van der Waals surface area contributed by atoms with Gasteiger partial charge in [0.1, 0.15) is 6.54 Å². The summed E-state index contributed by atoms with van der Waals surface area (Å²) in [6.45, 7) is 1.58. The fourth-order valence-electron chi connectivity index (χ4n) is 1.55. The maximum atomic E-state index is 11.8. The molecule has 1 atom stereocenters. The van der Waals surface area contributed by atoms with Crippen molar-refractivity contribution >= 4 is 23.4 Å². The van der Waals surface area contributed by atoms with Crippen molar-refractivity contribution in [2.45, 2.75) is 13.0 Å². The Kier molecular flexibility index (Phi) is 5.34. The van der Waals surface area contributed by atoms with E-state index < -0.39 is 11.8 Å². The van der Waals surface area contributed by atoms with Crippen LogP contribution in [-0.4, -0.2) is 30.3 Å². The minimum absolute atomic E-state index is 0.196. The number of rotatable bonds is 3. The van der Waals surface area contributed by atoms with Gasteiger partial charge in [0.05, 0.1) is 12.1 Å². The normalized spacial score (nSPS) is 11.3. The van der Waals surface area contributed by atoms with Crippen LogP contribution >= 0.6 is 11.6 Å². The van der Waals surface area contributed by atoms with E-state index in [0.717, 1.165) is 5.56 Å². The molecule has 1 aromatic carbocycles. The van der Waals surface area contributed by atoms with Crippen molar-refractivity contribution in [3.63, 3.8) is 0 Å². The van der Waals surface area contributed by atoms with Gasteiger partial charge in [-0.1, -0.05) is 29.8 Å². The molecular formula is C13H14ClN3O2. The van der Waals surface area contributed by atoms with Gasteiger partial charge >= 0.3 is 11.8 Å². The summed E-state index contributed by atoms with van der Waals surface area (Å²) in [5.74, 6) is -1.51. The third-order valence-electron chi connectivity index (χ3n) is 2.78. The summed E-state index contributed by atoms with van der Waals surface area (Å²) >= 11 is 6.05. The van der Waals surface area contributed by atoms with Gasteiger partial charge in [-0.15, -0.1) is 0 Å². The van der Waals surface area contributed by atoms with Gasteiger partial charge in [-0.2, -0.15) is 5.26 Å². The van der Waals surface area contributed by atoms with E-state index in [-0.39, 0.29) is 12.6 Å². The van der Waals surface area contributed by atoms with Crippen LogP contribution in [0.1, 0.15) is 18.5 Å². The number of nitrogens with zero attached hydrogens (tertiary/aromatic N) is 2. The Morgan fingerprint density at radius 2 is 2.11 bits per heavy atom. The van der Waals surface area contributed by atoms with Crippen LogP contribution in [0.15, 0.2) is 24.3 Å². The first-order chi connectivity index (χ1) is 8.99. The fourth-order valence-corrected chi connectivity index (χ4v) is 1.85. The first kappa shape index (κ1) is 15.0. The van der Waals surface area contributed by atoms with E-state index in [4.69, 9.17) is 16.9 Å².